The molecule has 6 heteroatoms. The third kappa shape index (κ3) is 4.70. The average Bonchev–Trinajstić information content (AvgIpc) is 2.73. The molecule has 17 heavy (non-hydrogen) atoms. The molecule has 0 spiro atoms. The van der Waals surface area contributed by atoms with Crippen molar-refractivity contribution < 1.29 is 14.3 Å². The van der Waals surface area contributed by atoms with E-state index in [-0.39, 0.29) is 24.4 Å². The van der Waals surface area contributed by atoms with Gasteiger partial charge in [-0.15, -0.1) is 0 Å². The first-order chi connectivity index (χ1) is 8.15. The SMILES string of the molecule is COCCNC(=O)CNC(=O)C1NCCC1C. The summed E-state index contributed by atoms with van der Waals surface area (Å²) in [6.45, 7) is 3.85. The van der Waals surface area contributed by atoms with Crippen molar-refractivity contribution in [3.8, 4) is 0 Å². The summed E-state index contributed by atoms with van der Waals surface area (Å²) in [7, 11) is 1.57. The lowest BCUT2D eigenvalue weighted by atomic mass is 10.0. The van der Waals surface area contributed by atoms with Crippen molar-refractivity contribution in [1.82, 2.24) is 16.0 Å². The fourth-order valence-electron chi connectivity index (χ4n) is 1.82. The third-order valence-electron chi connectivity index (χ3n) is 2.87. The van der Waals surface area contributed by atoms with Gasteiger partial charge < -0.3 is 20.7 Å². The summed E-state index contributed by atoms with van der Waals surface area (Å²) in [6.07, 6.45) is 0.998. The number of ether oxygens (including phenoxy) is 1. The van der Waals surface area contributed by atoms with Gasteiger partial charge in [-0.1, -0.05) is 6.92 Å². The molecule has 2 amide bonds. The van der Waals surface area contributed by atoms with Gasteiger partial charge in [0.2, 0.25) is 11.8 Å². The molecule has 1 heterocycles. The third-order valence-corrected chi connectivity index (χ3v) is 2.87. The minimum absolute atomic E-state index is 0.0213. The van der Waals surface area contributed by atoms with E-state index < -0.39 is 0 Å². The Balaban J connectivity index is 2.16. The van der Waals surface area contributed by atoms with E-state index in [1.807, 2.05) is 6.92 Å². The minimum atomic E-state index is -0.193. The molecule has 1 aliphatic rings. The van der Waals surface area contributed by atoms with E-state index in [1.165, 1.54) is 0 Å². The highest BCUT2D eigenvalue weighted by atomic mass is 16.5. The number of carbonyl (C=O) groups excluding carboxylic acids is 2. The van der Waals surface area contributed by atoms with E-state index in [1.54, 1.807) is 7.11 Å². The Morgan fingerprint density at radius 3 is 2.76 bits per heavy atom. The van der Waals surface area contributed by atoms with Gasteiger partial charge in [0.1, 0.15) is 0 Å². The van der Waals surface area contributed by atoms with Crippen molar-refractivity contribution in [1.29, 1.82) is 0 Å². The summed E-state index contributed by atoms with van der Waals surface area (Å²) >= 11 is 0. The number of hydrogen-bond acceptors (Lipinski definition) is 4. The second kappa shape index (κ2) is 7.24. The maximum atomic E-state index is 11.7. The summed E-state index contributed by atoms with van der Waals surface area (Å²) in [6, 6.07) is -0.165. The first kappa shape index (κ1) is 13.9. The van der Waals surface area contributed by atoms with Crippen LogP contribution in [0.25, 0.3) is 0 Å². The summed E-state index contributed by atoms with van der Waals surface area (Å²) in [5.74, 6) is 0.0319. The van der Waals surface area contributed by atoms with Crippen LogP contribution in [0.4, 0.5) is 0 Å². The molecule has 6 nitrogen and oxygen atoms in total. The molecular weight excluding hydrogens is 222 g/mol. The second-order valence-corrected chi connectivity index (χ2v) is 4.26. The number of methoxy groups -OCH3 is 1. The maximum Gasteiger partial charge on any atom is 0.239 e. The zero-order valence-corrected chi connectivity index (χ0v) is 10.4. The van der Waals surface area contributed by atoms with Crippen LogP contribution in [0.2, 0.25) is 0 Å². The lowest BCUT2D eigenvalue weighted by molar-refractivity contribution is -0.127. The van der Waals surface area contributed by atoms with Gasteiger partial charge in [0.05, 0.1) is 19.2 Å². The van der Waals surface area contributed by atoms with Crippen molar-refractivity contribution in [2.45, 2.75) is 19.4 Å². The van der Waals surface area contributed by atoms with Crippen molar-refractivity contribution in [2.24, 2.45) is 5.92 Å². The van der Waals surface area contributed by atoms with Crippen molar-refractivity contribution in [3.05, 3.63) is 0 Å². The van der Waals surface area contributed by atoms with Gasteiger partial charge in [-0.05, 0) is 18.9 Å². The molecule has 0 aromatic carbocycles. The van der Waals surface area contributed by atoms with Crippen LogP contribution in [-0.4, -0.2) is 51.2 Å². The summed E-state index contributed by atoms with van der Waals surface area (Å²) < 4.78 is 4.80. The Hall–Kier alpha value is -1.14. The molecule has 0 aliphatic carbocycles. The predicted octanol–water partition coefficient (Wildman–Crippen LogP) is -1.14. The Bertz CT molecular complexity index is 271. The molecule has 0 aromatic heterocycles. The molecule has 1 fully saturated rings. The van der Waals surface area contributed by atoms with Gasteiger partial charge >= 0.3 is 0 Å². The average molecular weight is 243 g/mol. The van der Waals surface area contributed by atoms with Crippen LogP contribution in [-0.2, 0) is 14.3 Å². The van der Waals surface area contributed by atoms with E-state index in [9.17, 15) is 9.59 Å². The molecule has 0 aromatic rings. The van der Waals surface area contributed by atoms with Crippen LogP contribution in [0.1, 0.15) is 13.3 Å². The van der Waals surface area contributed by atoms with Crippen LogP contribution in [0.3, 0.4) is 0 Å². The van der Waals surface area contributed by atoms with Crippen LogP contribution in [0, 0.1) is 5.92 Å². The monoisotopic (exact) mass is 243 g/mol. The topological polar surface area (TPSA) is 79.5 Å². The lowest BCUT2D eigenvalue weighted by Crippen LogP contribution is -2.46. The molecule has 1 rings (SSSR count). The first-order valence-electron chi connectivity index (χ1n) is 5.92. The second-order valence-electron chi connectivity index (χ2n) is 4.26. The van der Waals surface area contributed by atoms with Crippen molar-refractivity contribution >= 4 is 11.8 Å². The van der Waals surface area contributed by atoms with Crippen LogP contribution < -0.4 is 16.0 Å². The smallest absolute Gasteiger partial charge is 0.239 e. The molecule has 2 unspecified atom stereocenters. The molecule has 2 atom stereocenters. The highest BCUT2D eigenvalue weighted by molar-refractivity contribution is 5.87. The number of carbonyl (C=O) groups is 2. The Kier molecular flexibility index (Phi) is 5.93. The van der Waals surface area contributed by atoms with Crippen molar-refractivity contribution in [3.63, 3.8) is 0 Å². The maximum absolute atomic E-state index is 11.7. The van der Waals surface area contributed by atoms with E-state index in [4.69, 9.17) is 4.74 Å². The molecule has 0 saturated carbocycles. The zero-order valence-electron chi connectivity index (χ0n) is 10.4. The minimum Gasteiger partial charge on any atom is -0.383 e. The van der Waals surface area contributed by atoms with E-state index in [2.05, 4.69) is 16.0 Å². The fourth-order valence-corrected chi connectivity index (χ4v) is 1.82. The summed E-state index contributed by atoms with van der Waals surface area (Å²) in [5, 5.41) is 8.39. The molecule has 98 valence electrons. The van der Waals surface area contributed by atoms with Gasteiger partial charge in [0.15, 0.2) is 0 Å². The van der Waals surface area contributed by atoms with Gasteiger partial charge in [0, 0.05) is 13.7 Å². The Labute approximate surface area is 101 Å². The molecule has 3 N–H and O–H groups in total. The fraction of sp³-hybridized carbons (Fsp3) is 0.818. The summed E-state index contributed by atoms with van der Waals surface area (Å²) in [4.78, 5) is 23.0. The van der Waals surface area contributed by atoms with Gasteiger partial charge in [0.25, 0.3) is 0 Å². The lowest BCUT2D eigenvalue weighted by Gasteiger charge is -2.15. The van der Waals surface area contributed by atoms with Crippen LogP contribution in [0.15, 0.2) is 0 Å². The van der Waals surface area contributed by atoms with E-state index in [0.29, 0.717) is 19.1 Å². The van der Waals surface area contributed by atoms with Gasteiger partial charge in [-0.2, -0.15) is 0 Å². The molecule has 0 bridgehead atoms. The Morgan fingerprint density at radius 2 is 2.18 bits per heavy atom. The van der Waals surface area contributed by atoms with Gasteiger partial charge in [-0.3, -0.25) is 9.59 Å². The number of rotatable bonds is 6. The Morgan fingerprint density at radius 1 is 1.41 bits per heavy atom. The number of amides is 2. The largest absolute Gasteiger partial charge is 0.383 e. The highest BCUT2D eigenvalue weighted by Gasteiger charge is 2.29. The van der Waals surface area contributed by atoms with Gasteiger partial charge in [-0.25, -0.2) is 0 Å². The molecular formula is C11H21N3O3. The zero-order chi connectivity index (χ0) is 12.7. The van der Waals surface area contributed by atoms with Crippen LogP contribution in [0.5, 0.6) is 0 Å². The van der Waals surface area contributed by atoms with E-state index >= 15 is 0 Å². The highest BCUT2D eigenvalue weighted by Crippen LogP contribution is 2.13. The number of nitrogens with one attached hydrogen (secondary N) is 3. The number of hydrogen-bond donors (Lipinski definition) is 3. The summed E-state index contributed by atoms with van der Waals surface area (Å²) in [5.41, 5.74) is 0. The molecule has 1 saturated heterocycles. The standard InChI is InChI=1S/C11H21N3O3/c1-8-3-4-13-10(8)11(16)14-7-9(15)12-5-6-17-2/h8,10,13H,3-7H2,1-2H3,(H,12,15)(H,14,16). The molecule has 1 aliphatic heterocycles. The normalized spacial score (nSPS) is 23.4. The van der Waals surface area contributed by atoms with E-state index in [0.717, 1.165) is 13.0 Å². The molecule has 0 radical (unpaired) electrons. The van der Waals surface area contributed by atoms with Crippen molar-refractivity contribution in [2.75, 3.05) is 33.4 Å². The predicted molar refractivity (Wildman–Crippen MR) is 63.5 cm³/mol. The quantitative estimate of drug-likeness (QED) is 0.515. The first-order valence-corrected chi connectivity index (χ1v) is 5.92. The van der Waals surface area contributed by atoms with Crippen LogP contribution >= 0.6 is 0 Å².